The number of hydrogen-bond donors (Lipinski definition) is 3. The van der Waals surface area contributed by atoms with E-state index in [1.54, 1.807) is 18.2 Å². The van der Waals surface area contributed by atoms with E-state index in [2.05, 4.69) is 5.32 Å². The van der Waals surface area contributed by atoms with E-state index in [0.717, 1.165) is 6.54 Å². The molecule has 1 saturated carbocycles. The van der Waals surface area contributed by atoms with Crippen molar-refractivity contribution in [2.45, 2.75) is 12.8 Å². The van der Waals surface area contributed by atoms with Crippen molar-refractivity contribution >= 4 is 17.3 Å². The summed E-state index contributed by atoms with van der Waals surface area (Å²) in [5.74, 6) is 0.559. The molecule has 0 saturated heterocycles. The van der Waals surface area contributed by atoms with Gasteiger partial charge in [-0.15, -0.1) is 0 Å². The van der Waals surface area contributed by atoms with Crippen molar-refractivity contribution in [1.82, 2.24) is 5.32 Å². The maximum atomic E-state index is 11.7. The number of nitrogens with one attached hydrogen (secondary N) is 1. The smallest absolute Gasteiger partial charge is 0.253 e. The molecule has 1 aliphatic rings. The molecule has 1 fully saturated rings. The lowest BCUT2D eigenvalue weighted by atomic mass is 10.1. The quantitative estimate of drug-likeness (QED) is 0.644. The summed E-state index contributed by atoms with van der Waals surface area (Å²) in [5, 5.41) is 2.86. The van der Waals surface area contributed by atoms with E-state index in [9.17, 15) is 4.79 Å². The van der Waals surface area contributed by atoms with Crippen LogP contribution in [0.1, 0.15) is 23.2 Å². The number of carbonyl (C=O) groups excluding carboxylic acids is 1. The Balaban J connectivity index is 2.03. The van der Waals surface area contributed by atoms with Crippen molar-refractivity contribution in [3.8, 4) is 0 Å². The molecular formula is C11H15N3O. The summed E-state index contributed by atoms with van der Waals surface area (Å²) >= 11 is 0. The highest BCUT2D eigenvalue weighted by molar-refractivity contribution is 5.99. The number of nitrogens with two attached hydrogens (primary N) is 2. The molecule has 1 aliphatic carbocycles. The number of carbonyl (C=O) groups is 1. The van der Waals surface area contributed by atoms with Crippen molar-refractivity contribution < 1.29 is 4.79 Å². The highest BCUT2D eigenvalue weighted by Gasteiger charge is 2.22. The van der Waals surface area contributed by atoms with Crippen LogP contribution >= 0.6 is 0 Å². The van der Waals surface area contributed by atoms with Gasteiger partial charge in [0.25, 0.3) is 5.91 Å². The molecule has 4 heteroatoms. The van der Waals surface area contributed by atoms with Gasteiger partial charge in [0.05, 0.1) is 5.56 Å². The summed E-state index contributed by atoms with van der Waals surface area (Å²) in [6.07, 6.45) is 2.44. The lowest BCUT2D eigenvalue weighted by Crippen LogP contribution is -2.26. The van der Waals surface area contributed by atoms with Crippen LogP contribution in [-0.4, -0.2) is 12.5 Å². The molecule has 1 aromatic rings. The maximum absolute atomic E-state index is 11.7. The van der Waals surface area contributed by atoms with E-state index in [-0.39, 0.29) is 5.91 Å². The van der Waals surface area contributed by atoms with Gasteiger partial charge in [-0.1, -0.05) is 0 Å². The van der Waals surface area contributed by atoms with Crippen molar-refractivity contribution in [2.24, 2.45) is 5.92 Å². The second kappa shape index (κ2) is 3.81. The fourth-order valence-electron chi connectivity index (χ4n) is 1.44. The third-order valence-electron chi connectivity index (χ3n) is 2.57. The second-order valence-corrected chi connectivity index (χ2v) is 4.00. The van der Waals surface area contributed by atoms with Crippen LogP contribution < -0.4 is 16.8 Å². The van der Waals surface area contributed by atoms with Gasteiger partial charge in [0, 0.05) is 17.9 Å². The van der Waals surface area contributed by atoms with Crippen molar-refractivity contribution in [3.63, 3.8) is 0 Å². The maximum Gasteiger partial charge on any atom is 0.253 e. The van der Waals surface area contributed by atoms with Gasteiger partial charge < -0.3 is 16.8 Å². The highest BCUT2D eigenvalue weighted by atomic mass is 16.1. The van der Waals surface area contributed by atoms with E-state index in [1.165, 1.54) is 12.8 Å². The van der Waals surface area contributed by atoms with Crippen LogP contribution in [0, 0.1) is 5.92 Å². The second-order valence-electron chi connectivity index (χ2n) is 4.00. The average molecular weight is 205 g/mol. The monoisotopic (exact) mass is 205 g/mol. The minimum Gasteiger partial charge on any atom is -0.399 e. The first kappa shape index (κ1) is 9.83. The van der Waals surface area contributed by atoms with Crippen LogP contribution in [-0.2, 0) is 0 Å². The summed E-state index contributed by atoms with van der Waals surface area (Å²) in [6, 6.07) is 4.95. The predicted molar refractivity (Wildman–Crippen MR) is 60.3 cm³/mol. The van der Waals surface area contributed by atoms with Gasteiger partial charge in [-0.2, -0.15) is 0 Å². The fourth-order valence-corrected chi connectivity index (χ4v) is 1.44. The van der Waals surface area contributed by atoms with Gasteiger partial charge in [0.15, 0.2) is 0 Å². The zero-order valence-corrected chi connectivity index (χ0v) is 8.49. The zero-order valence-electron chi connectivity index (χ0n) is 8.49. The number of amides is 1. The molecule has 1 amide bonds. The van der Waals surface area contributed by atoms with E-state index < -0.39 is 0 Å². The van der Waals surface area contributed by atoms with Crippen LogP contribution in [0.25, 0.3) is 0 Å². The molecule has 0 heterocycles. The van der Waals surface area contributed by atoms with Gasteiger partial charge in [-0.3, -0.25) is 4.79 Å². The largest absolute Gasteiger partial charge is 0.399 e. The van der Waals surface area contributed by atoms with E-state index in [4.69, 9.17) is 11.5 Å². The van der Waals surface area contributed by atoms with Crippen molar-refractivity contribution in [1.29, 1.82) is 0 Å². The molecule has 0 radical (unpaired) electrons. The molecule has 0 atom stereocenters. The highest BCUT2D eigenvalue weighted by Crippen LogP contribution is 2.27. The number of nitrogen functional groups attached to an aromatic ring is 2. The van der Waals surface area contributed by atoms with Crippen LogP contribution in [0.15, 0.2) is 18.2 Å². The molecule has 80 valence electrons. The van der Waals surface area contributed by atoms with Gasteiger partial charge in [-0.25, -0.2) is 0 Å². The minimum absolute atomic E-state index is 0.112. The average Bonchev–Trinajstić information content (AvgIpc) is 2.97. The molecule has 0 bridgehead atoms. The Hall–Kier alpha value is -1.71. The summed E-state index contributed by atoms with van der Waals surface area (Å²) in [6.45, 7) is 0.753. The Labute approximate surface area is 88.6 Å². The first-order valence-electron chi connectivity index (χ1n) is 5.10. The molecule has 4 nitrogen and oxygen atoms in total. The molecule has 15 heavy (non-hydrogen) atoms. The van der Waals surface area contributed by atoms with Crippen LogP contribution in [0.3, 0.4) is 0 Å². The van der Waals surface area contributed by atoms with Gasteiger partial charge in [-0.05, 0) is 37.0 Å². The van der Waals surface area contributed by atoms with Gasteiger partial charge in [0.2, 0.25) is 0 Å². The first-order chi connectivity index (χ1) is 7.16. The molecule has 5 N–H and O–H groups in total. The summed E-state index contributed by atoms with van der Waals surface area (Å²) < 4.78 is 0. The number of hydrogen-bond acceptors (Lipinski definition) is 3. The van der Waals surface area contributed by atoms with Crippen LogP contribution in [0.5, 0.6) is 0 Å². The van der Waals surface area contributed by atoms with Crippen LogP contribution in [0.2, 0.25) is 0 Å². The molecule has 1 aromatic carbocycles. The molecule has 0 unspecified atom stereocenters. The normalized spacial score (nSPS) is 14.9. The Kier molecular flexibility index (Phi) is 2.49. The summed E-state index contributed by atoms with van der Waals surface area (Å²) in [5.41, 5.74) is 12.8. The van der Waals surface area contributed by atoms with E-state index >= 15 is 0 Å². The number of rotatable bonds is 3. The van der Waals surface area contributed by atoms with Crippen LogP contribution in [0.4, 0.5) is 11.4 Å². The number of anilines is 2. The molecular weight excluding hydrogens is 190 g/mol. The van der Waals surface area contributed by atoms with Gasteiger partial charge in [0.1, 0.15) is 0 Å². The fraction of sp³-hybridized carbons (Fsp3) is 0.364. The Morgan fingerprint density at radius 3 is 2.73 bits per heavy atom. The number of benzene rings is 1. The lowest BCUT2D eigenvalue weighted by Gasteiger charge is -2.07. The minimum atomic E-state index is -0.112. The van der Waals surface area contributed by atoms with Crippen molar-refractivity contribution in [2.75, 3.05) is 18.0 Å². The molecule has 0 aromatic heterocycles. The zero-order chi connectivity index (χ0) is 10.8. The SMILES string of the molecule is Nc1ccc(C(=O)NCC2CC2)c(N)c1. The lowest BCUT2D eigenvalue weighted by molar-refractivity contribution is 0.0952. The van der Waals surface area contributed by atoms with Gasteiger partial charge >= 0.3 is 0 Å². The predicted octanol–water partition coefficient (Wildman–Crippen LogP) is 0.991. The Morgan fingerprint density at radius 2 is 2.13 bits per heavy atom. The van der Waals surface area contributed by atoms with E-state index in [0.29, 0.717) is 22.9 Å². The third kappa shape index (κ3) is 2.40. The summed E-state index contributed by atoms with van der Waals surface area (Å²) in [4.78, 5) is 11.7. The summed E-state index contributed by atoms with van der Waals surface area (Å²) in [7, 11) is 0. The topological polar surface area (TPSA) is 81.1 Å². The Morgan fingerprint density at radius 1 is 1.40 bits per heavy atom. The molecule has 0 aliphatic heterocycles. The first-order valence-corrected chi connectivity index (χ1v) is 5.10. The van der Waals surface area contributed by atoms with E-state index in [1.807, 2.05) is 0 Å². The Bertz CT molecular complexity index is 385. The standard InChI is InChI=1S/C11H15N3O/c12-8-3-4-9(10(13)5-8)11(15)14-6-7-1-2-7/h3-5,7H,1-2,6,12-13H2,(H,14,15). The molecule has 2 rings (SSSR count). The molecule has 0 spiro atoms. The van der Waals surface area contributed by atoms with Crippen molar-refractivity contribution in [3.05, 3.63) is 23.8 Å². The third-order valence-corrected chi connectivity index (χ3v) is 2.57.